The van der Waals surface area contributed by atoms with Crippen LogP contribution in [0.15, 0.2) is 77.7 Å². The summed E-state index contributed by atoms with van der Waals surface area (Å²) in [5.41, 5.74) is 1.23. The summed E-state index contributed by atoms with van der Waals surface area (Å²) in [6.07, 6.45) is 3.11. The number of thiazole rings is 1. The fourth-order valence-corrected chi connectivity index (χ4v) is 4.30. The van der Waals surface area contributed by atoms with E-state index in [-0.39, 0.29) is 22.6 Å². The van der Waals surface area contributed by atoms with E-state index in [1.54, 1.807) is 42.6 Å². The summed E-state index contributed by atoms with van der Waals surface area (Å²) in [6, 6.07) is 22.1. The molecule has 8 heteroatoms. The molecule has 0 fully saturated rings. The lowest BCUT2D eigenvalue weighted by molar-refractivity contribution is 0.374. The van der Waals surface area contributed by atoms with Crippen LogP contribution in [0, 0.1) is 11.3 Å². The molecule has 0 N–H and O–H groups in total. The molecule has 0 bridgehead atoms. The number of benzene rings is 2. The highest BCUT2D eigenvalue weighted by Crippen LogP contribution is 2.33. The van der Waals surface area contributed by atoms with E-state index in [0.717, 1.165) is 10.2 Å². The Hall–Kier alpha value is -4.48. The van der Waals surface area contributed by atoms with Gasteiger partial charge in [0.05, 0.1) is 22.9 Å². The number of para-hydroxylation sites is 3. The summed E-state index contributed by atoms with van der Waals surface area (Å²) < 4.78 is 13.8. The van der Waals surface area contributed by atoms with Crippen LogP contribution in [0.2, 0.25) is 0 Å². The van der Waals surface area contributed by atoms with E-state index in [2.05, 4.69) is 16.0 Å². The Morgan fingerprint density at radius 2 is 1.79 bits per heavy atom. The summed E-state index contributed by atoms with van der Waals surface area (Å²) >= 11 is 1.38. The van der Waals surface area contributed by atoms with Crippen molar-refractivity contribution >= 4 is 38.8 Å². The molecule has 7 nitrogen and oxygen atoms in total. The number of hydrogen-bond donors (Lipinski definition) is 0. The van der Waals surface area contributed by atoms with Gasteiger partial charge in [-0.15, -0.1) is 11.3 Å². The number of rotatable bonds is 5. The molecule has 0 aliphatic carbocycles. The minimum absolute atomic E-state index is 0.0737. The number of hydrogen-bond acceptors (Lipinski definition) is 7. The Labute approximate surface area is 192 Å². The number of ether oxygens (including phenoxy) is 2. The Balaban J connectivity index is 1.71. The Morgan fingerprint density at radius 3 is 2.58 bits per heavy atom. The lowest BCUT2D eigenvalue weighted by Crippen LogP contribution is -2.18. The first-order valence-electron chi connectivity index (χ1n) is 9.98. The largest absolute Gasteiger partial charge is 0.493 e. The van der Waals surface area contributed by atoms with Crippen molar-refractivity contribution < 1.29 is 9.47 Å². The van der Waals surface area contributed by atoms with Gasteiger partial charge in [0.15, 0.2) is 11.5 Å². The lowest BCUT2D eigenvalue weighted by Gasteiger charge is -2.12. The molecule has 0 radical (unpaired) electrons. The monoisotopic (exact) mass is 452 g/mol. The van der Waals surface area contributed by atoms with E-state index >= 15 is 0 Å². The number of methoxy groups -OCH3 is 1. The molecule has 0 amide bonds. The predicted octanol–water partition coefficient (Wildman–Crippen LogP) is 5.17. The second-order valence-electron chi connectivity index (χ2n) is 6.97. The van der Waals surface area contributed by atoms with E-state index in [0.29, 0.717) is 22.2 Å². The van der Waals surface area contributed by atoms with Gasteiger partial charge in [-0.25, -0.2) is 4.98 Å². The van der Waals surface area contributed by atoms with Gasteiger partial charge in [-0.2, -0.15) is 10.2 Å². The zero-order valence-electron chi connectivity index (χ0n) is 17.4. The Morgan fingerprint density at radius 1 is 1.03 bits per heavy atom. The average molecular weight is 452 g/mol. The van der Waals surface area contributed by atoms with Crippen molar-refractivity contribution in [3.63, 3.8) is 0 Å². The van der Waals surface area contributed by atoms with E-state index < -0.39 is 0 Å². The molecule has 3 heterocycles. The minimum Gasteiger partial charge on any atom is -0.493 e. The zero-order chi connectivity index (χ0) is 22.8. The van der Waals surface area contributed by atoms with Crippen molar-refractivity contribution in [1.29, 1.82) is 5.26 Å². The van der Waals surface area contributed by atoms with Crippen molar-refractivity contribution in [1.82, 2.24) is 14.4 Å². The molecule has 0 saturated heterocycles. The summed E-state index contributed by atoms with van der Waals surface area (Å²) in [7, 11) is 1.53. The van der Waals surface area contributed by atoms with Crippen LogP contribution in [0.1, 0.15) is 10.6 Å². The second-order valence-corrected chi connectivity index (χ2v) is 8.00. The topological polar surface area (TPSA) is 89.5 Å². The number of nitriles is 1. The van der Waals surface area contributed by atoms with Crippen LogP contribution >= 0.6 is 11.3 Å². The summed E-state index contributed by atoms with van der Waals surface area (Å²) in [6.45, 7) is 0. The van der Waals surface area contributed by atoms with Crippen molar-refractivity contribution in [2.45, 2.75) is 0 Å². The third kappa shape index (κ3) is 3.82. The number of nitrogens with zero attached hydrogens (tertiary/aromatic N) is 4. The lowest BCUT2D eigenvalue weighted by atomic mass is 10.2. The fraction of sp³-hybridized carbons (Fsp3) is 0.0400. The standard InChI is InChI=1S/C25H16N4O3S/c1-31-19-9-3-4-10-20(19)32-23-17(25(30)29-13-7-6-12-22(29)28-23)14-16(15-26)24-27-18-8-2-5-11-21(18)33-24/h2-14H,1H3/b16-14+. The van der Waals surface area contributed by atoms with Crippen LogP contribution in [0.25, 0.3) is 27.5 Å². The molecule has 3 aromatic heterocycles. The van der Waals surface area contributed by atoms with Crippen molar-refractivity contribution in [3.8, 4) is 23.4 Å². The SMILES string of the molecule is COc1ccccc1Oc1nc2ccccn2c(=O)c1/C=C(\C#N)c1nc2ccccc2s1. The fourth-order valence-electron chi connectivity index (χ4n) is 3.36. The highest BCUT2D eigenvalue weighted by molar-refractivity contribution is 7.19. The molecular formula is C25H16N4O3S. The quantitative estimate of drug-likeness (QED) is 0.342. The smallest absolute Gasteiger partial charge is 0.269 e. The molecule has 2 aromatic carbocycles. The van der Waals surface area contributed by atoms with E-state index in [1.807, 2.05) is 30.3 Å². The molecule has 0 atom stereocenters. The molecule has 33 heavy (non-hydrogen) atoms. The maximum absolute atomic E-state index is 13.4. The maximum Gasteiger partial charge on any atom is 0.269 e. The Bertz CT molecular complexity index is 1600. The molecule has 0 spiro atoms. The van der Waals surface area contributed by atoms with Gasteiger partial charge in [0.25, 0.3) is 5.56 Å². The highest BCUT2D eigenvalue weighted by Gasteiger charge is 2.18. The number of allylic oxidation sites excluding steroid dienone is 1. The summed E-state index contributed by atoms with van der Waals surface area (Å²) in [5.74, 6) is 0.971. The number of pyridine rings is 1. The number of fused-ring (bicyclic) bond motifs is 2. The molecule has 5 rings (SSSR count). The van der Waals surface area contributed by atoms with Crippen molar-refractivity contribution in [3.05, 3.63) is 93.9 Å². The van der Waals surface area contributed by atoms with Gasteiger partial charge in [-0.05, 0) is 42.5 Å². The third-order valence-electron chi connectivity index (χ3n) is 4.94. The first-order chi connectivity index (χ1) is 16.2. The Kier molecular flexibility index (Phi) is 5.30. The van der Waals surface area contributed by atoms with Crippen molar-refractivity contribution in [2.24, 2.45) is 0 Å². The molecular weight excluding hydrogens is 436 g/mol. The highest BCUT2D eigenvalue weighted by atomic mass is 32.1. The van der Waals surface area contributed by atoms with Crippen LogP contribution in [-0.2, 0) is 0 Å². The van der Waals surface area contributed by atoms with Crippen LogP contribution in [0.3, 0.4) is 0 Å². The van der Waals surface area contributed by atoms with Crippen molar-refractivity contribution in [2.75, 3.05) is 7.11 Å². The first kappa shape index (κ1) is 20.4. The van der Waals surface area contributed by atoms with Gasteiger partial charge in [0.2, 0.25) is 5.88 Å². The average Bonchev–Trinajstić information content (AvgIpc) is 3.28. The van der Waals surface area contributed by atoms with Gasteiger partial charge < -0.3 is 9.47 Å². The summed E-state index contributed by atoms with van der Waals surface area (Å²) in [4.78, 5) is 22.5. The molecule has 0 aliphatic rings. The van der Waals surface area contributed by atoms with Gasteiger partial charge >= 0.3 is 0 Å². The van der Waals surface area contributed by atoms with Gasteiger partial charge in [-0.3, -0.25) is 9.20 Å². The zero-order valence-corrected chi connectivity index (χ0v) is 18.2. The van der Waals surface area contributed by atoms with Gasteiger partial charge in [-0.1, -0.05) is 30.3 Å². The minimum atomic E-state index is -0.362. The normalized spacial score (nSPS) is 11.5. The molecule has 0 aliphatic heterocycles. The predicted molar refractivity (Wildman–Crippen MR) is 128 cm³/mol. The molecule has 5 aromatic rings. The van der Waals surface area contributed by atoms with E-state index in [4.69, 9.17) is 9.47 Å². The van der Waals surface area contributed by atoms with Gasteiger partial charge in [0, 0.05) is 6.20 Å². The third-order valence-corrected chi connectivity index (χ3v) is 6.01. The van der Waals surface area contributed by atoms with Crippen LogP contribution < -0.4 is 15.0 Å². The van der Waals surface area contributed by atoms with E-state index in [1.165, 1.54) is 28.9 Å². The maximum atomic E-state index is 13.4. The first-order valence-corrected chi connectivity index (χ1v) is 10.8. The molecule has 160 valence electrons. The molecule has 0 unspecified atom stereocenters. The summed E-state index contributed by atoms with van der Waals surface area (Å²) in [5, 5.41) is 10.4. The van der Waals surface area contributed by atoms with Gasteiger partial charge in [0.1, 0.15) is 22.3 Å². The van der Waals surface area contributed by atoms with Crippen LogP contribution in [0.4, 0.5) is 0 Å². The van der Waals surface area contributed by atoms with Crippen LogP contribution in [0.5, 0.6) is 17.4 Å². The molecule has 0 saturated carbocycles. The number of aromatic nitrogens is 3. The van der Waals surface area contributed by atoms with Crippen LogP contribution in [-0.4, -0.2) is 21.5 Å². The second kappa shape index (κ2) is 8.57. The van der Waals surface area contributed by atoms with E-state index in [9.17, 15) is 10.1 Å².